The van der Waals surface area contributed by atoms with Gasteiger partial charge in [-0.1, -0.05) is 27.7 Å². The SMILES string of the molecule is CC(C)Cn1ncnc1CC(C)(C)CC(C)O. The number of nitrogens with zero attached hydrogens (tertiary/aromatic N) is 3. The van der Waals surface area contributed by atoms with E-state index >= 15 is 0 Å². The maximum Gasteiger partial charge on any atom is 0.138 e. The molecular formula is C13H25N3O. The van der Waals surface area contributed by atoms with Crippen molar-refractivity contribution in [3.05, 3.63) is 12.2 Å². The summed E-state index contributed by atoms with van der Waals surface area (Å²) in [5, 5.41) is 13.8. The molecule has 17 heavy (non-hydrogen) atoms. The van der Waals surface area contributed by atoms with Gasteiger partial charge in [0.15, 0.2) is 0 Å². The van der Waals surface area contributed by atoms with Crippen LogP contribution in [0.1, 0.15) is 46.9 Å². The van der Waals surface area contributed by atoms with Crippen LogP contribution in [0, 0.1) is 11.3 Å². The van der Waals surface area contributed by atoms with Crippen molar-refractivity contribution in [2.75, 3.05) is 0 Å². The van der Waals surface area contributed by atoms with Gasteiger partial charge in [-0.15, -0.1) is 0 Å². The lowest BCUT2D eigenvalue weighted by molar-refractivity contribution is 0.127. The standard InChI is InChI=1S/C13H25N3O/c1-10(2)8-16-12(14-9-15-16)7-13(4,5)6-11(3)17/h9-11,17H,6-8H2,1-5H3. The second-order valence-electron chi connectivity index (χ2n) is 6.15. The molecule has 0 radical (unpaired) electrons. The minimum absolute atomic E-state index is 0.0515. The Morgan fingerprint density at radius 1 is 1.35 bits per heavy atom. The van der Waals surface area contributed by atoms with Crippen molar-refractivity contribution in [2.24, 2.45) is 11.3 Å². The van der Waals surface area contributed by atoms with E-state index in [1.807, 2.05) is 11.6 Å². The number of rotatable bonds is 6. The van der Waals surface area contributed by atoms with E-state index < -0.39 is 0 Å². The third kappa shape index (κ3) is 4.86. The van der Waals surface area contributed by atoms with E-state index in [4.69, 9.17) is 0 Å². The monoisotopic (exact) mass is 239 g/mol. The summed E-state index contributed by atoms with van der Waals surface area (Å²) in [6.07, 6.45) is 2.98. The molecule has 1 N–H and O–H groups in total. The van der Waals surface area contributed by atoms with E-state index in [1.54, 1.807) is 6.33 Å². The zero-order valence-corrected chi connectivity index (χ0v) is 11.6. The van der Waals surface area contributed by atoms with E-state index in [2.05, 4.69) is 37.8 Å². The summed E-state index contributed by atoms with van der Waals surface area (Å²) in [5.74, 6) is 1.58. The second-order valence-corrected chi connectivity index (χ2v) is 6.15. The lowest BCUT2D eigenvalue weighted by Crippen LogP contribution is -2.24. The van der Waals surface area contributed by atoms with E-state index in [-0.39, 0.29) is 11.5 Å². The minimum atomic E-state index is -0.272. The van der Waals surface area contributed by atoms with Crippen LogP contribution in [0.3, 0.4) is 0 Å². The quantitative estimate of drug-likeness (QED) is 0.828. The average molecular weight is 239 g/mol. The van der Waals surface area contributed by atoms with Gasteiger partial charge in [-0.05, 0) is 24.7 Å². The zero-order chi connectivity index (χ0) is 13.1. The molecule has 1 rings (SSSR count). The molecule has 4 nitrogen and oxygen atoms in total. The minimum Gasteiger partial charge on any atom is -0.393 e. The fourth-order valence-corrected chi connectivity index (χ4v) is 2.22. The van der Waals surface area contributed by atoms with E-state index in [0.717, 1.165) is 25.2 Å². The second kappa shape index (κ2) is 5.63. The van der Waals surface area contributed by atoms with Crippen molar-refractivity contribution in [3.8, 4) is 0 Å². The van der Waals surface area contributed by atoms with Crippen LogP contribution >= 0.6 is 0 Å². The Hall–Kier alpha value is -0.900. The van der Waals surface area contributed by atoms with Crippen LogP contribution in [0.5, 0.6) is 0 Å². The molecule has 0 aliphatic carbocycles. The molecule has 1 unspecified atom stereocenters. The van der Waals surface area contributed by atoms with Gasteiger partial charge >= 0.3 is 0 Å². The van der Waals surface area contributed by atoms with Gasteiger partial charge in [0.2, 0.25) is 0 Å². The molecular weight excluding hydrogens is 214 g/mol. The first kappa shape index (κ1) is 14.2. The van der Waals surface area contributed by atoms with Crippen LogP contribution in [0.25, 0.3) is 0 Å². The van der Waals surface area contributed by atoms with Crippen LogP contribution < -0.4 is 0 Å². The Kier molecular flexibility index (Phi) is 4.69. The van der Waals surface area contributed by atoms with Gasteiger partial charge in [0.25, 0.3) is 0 Å². The highest BCUT2D eigenvalue weighted by molar-refractivity contribution is 4.91. The molecule has 98 valence electrons. The highest BCUT2D eigenvalue weighted by Gasteiger charge is 2.23. The number of aromatic nitrogens is 3. The van der Waals surface area contributed by atoms with Crippen LogP contribution in [-0.2, 0) is 13.0 Å². The molecule has 0 aliphatic rings. The number of hydrogen-bond donors (Lipinski definition) is 1. The third-order valence-corrected chi connectivity index (χ3v) is 2.72. The third-order valence-electron chi connectivity index (χ3n) is 2.72. The largest absolute Gasteiger partial charge is 0.393 e. The molecule has 0 spiro atoms. The van der Waals surface area contributed by atoms with Gasteiger partial charge in [0.1, 0.15) is 12.2 Å². The maximum absolute atomic E-state index is 9.49. The fourth-order valence-electron chi connectivity index (χ4n) is 2.22. The molecule has 0 aliphatic heterocycles. The Morgan fingerprint density at radius 3 is 2.53 bits per heavy atom. The van der Waals surface area contributed by atoms with Gasteiger partial charge in [0.05, 0.1) is 6.10 Å². The summed E-state index contributed by atoms with van der Waals surface area (Å²) in [4.78, 5) is 4.33. The molecule has 4 heteroatoms. The molecule has 0 fully saturated rings. The van der Waals surface area contributed by atoms with Crippen LogP contribution in [-0.4, -0.2) is 26.0 Å². The first-order valence-electron chi connectivity index (χ1n) is 6.35. The topological polar surface area (TPSA) is 50.9 Å². The van der Waals surface area contributed by atoms with Gasteiger partial charge in [-0.3, -0.25) is 0 Å². The molecule has 1 aromatic rings. The van der Waals surface area contributed by atoms with Gasteiger partial charge in [-0.25, -0.2) is 9.67 Å². The van der Waals surface area contributed by atoms with Crippen molar-refractivity contribution in [3.63, 3.8) is 0 Å². The molecule has 0 saturated heterocycles. The molecule has 1 aromatic heterocycles. The molecule has 1 heterocycles. The Balaban J connectivity index is 2.70. The Bertz CT molecular complexity index is 342. The summed E-state index contributed by atoms with van der Waals surface area (Å²) < 4.78 is 1.98. The first-order valence-corrected chi connectivity index (χ1v) is 6.35. The summed E-state index contributed by atoms with van der Waals surface area (Å²) in [5.41, 5.74) is 0.0515. The first-order chi connectivity index (χ1) is 7.80. The van der Waals surface area contributed by atoms with Crippen LogP contribution in [0.4, 0.5) is 0 Å². The van der Waals surface area contributed by atoms with Crippen molar-refractivity contribution in [2.45, 2.75) is 60.1 Å². The lowest BCUT2D eigenvalue weighted by atomic mass is 9.83. The molecule has 0 saturated carbocycles. The number of aliphatic hydroxyl groups is 1. The molecule has 0 amide bonds. The summed E-state index contributed by atoms with van der Waals surface area (Å²) in [6.45, 7) is 11.4. The molecule has 1 atom stereocenters. The summed E-state index contributed by atoms with van der Waals surface area (Å²) in [7, 11) is 0. The Morgan fingerprint density at radius 2 is 2.00 bits per heavy atom. The lowest BCUT2D eigenvalue weighted by Gasteiger charge is -2.25. The van der Waals surface area contributed by atoms with Crippen LogP contribution in [0.15, 0.2) is 6.33 Å². The molecule has 0 bridgehead atoms. The van der Waals surface area contributed by atoms with Crippen molar-refractivity contribution < 1.29 is 5.11 Å². The van der Waals surface area contributed by atoms with Crippen molar-refractivity contribution in [1.29, 1.82) is 0 Å². The maximum atomic E-state index is 9.49. The number of aliphatic hydroxyl groups excluding tert-OH is 1. The summed E-state index contributed by atoms with van der Waals surface area (Å²) >= 11 is 0. The van der Waals surface area contributed by atoms with Gasteiger partial charge in [0, 0.05) is 13.0 Å². The van der Waals surface area contributed by atoms with Gasteiger partial charge < -0.3 is 5.11 Å². The summed E-state index contributed by atoms with van der Waals surface area (Å²) in [6, 6.07) is 0. The fraction of sp³-hybridized carbons (Fsp3) is 0.846. The predicted molar refractivity (Wildman–Crippen MR) is 68.6 cm³/mol. The van der Waals surface area contributed by atoms with E-state index in [0.29, 0.717) is 5.92 Å². The predicted octanol–water partition coefficient (Wildman–Crippen LogP) is 2.27. The average Bonchev–Trinajstić information content (AvgIpc) is 2.48. The Labute approximate surface area is 104 Å². The smallest absolute Gasteiger partial charge is 0.138 e. The van der Waals surface area contributed by atoms with Crippen LogP contribution in [0.2, 0.25) is 0 Å². The normalized spacial score (nSPS) is 14.3. The van der Waals surface area contributed by atoms with Crippen molar-refractivity contribution in [1.82, 2.24) is 14.8 Å². The zero-order valence-electron chi connectivity index (χ0n) is 11.6. The highest BCUT2D eigenvalue weighted by atomic mass is 16.3. The molecule has 0 aromatic carbocycles. The highest BCUT2D eigenvalue weighted by Crippen LogP contribution is 2.26. The van der Waals surface area contributed by atoms with Crippen molar-refractivity contribution >= 4 is 0 Å². The van der Waals surface area contributed by atoms with E-state index in [9.17, 15) is 5.11 Å². The van der Waals surface area contributed by atoms with E-state index in [1.165, 1.54) is 0 Å². The number of hydrogen-bond acceptors (Lipinski definition) is 3. The van der Waals surface area contributed by atoms with Gasteiger partial charge in [-0.2, -0.15) is 5.10 Å².